The van der Waals surface area contributed by atoms with Gasteiger partial charge in [0.15, 0.2) is 0 Å². The Labute approximate surface area is 152 Å². The Kier molecular flexibility index (Phi) is 6.17. The number of sulfonamides is 1. The quantitative estimate of drug-likeness (QED) is 0.585. The molecule has 1 saturated heterocycles. The van der Waals surface area contributed by atoms with Gasteiger partial charge in [-0.2, -0.15) is 9.57 Å². The van der Waals surface area contributed by atoms with Crippen molar-refractivity contribution in [3.8, 4) is 6.07 Å². The van der Waals surface area contributed by atoms with Crippen LogP contribution in [0.2, 0.25) is 0 Å². The minimum Gasteiger partial charge on any atom is -0.384 e. The van der Waals surface area contributed by atoms with Crippen LogP contribution < -0.4 is 5.32 Å². The van der Waals surface area contributed by atoms with Crippen LogP contribution in [0, 0.1) is 28.4 Å². The number of hydrogen-bond acceptors (Lipinski definition) is 7. The highest BCUT2D eigenvalue weighted by molar-refractivity contribution is 7.89. The molecule has 26 heavy (non-hydrogen) atoms. The summed E-state index contributed by atoms with van der Waals surface area (Å²) in [5, 5.41) is 23.0. The first-order chi connectivity index (χ1) is 12.1. The summed E-state index contributed by atoms with van der Waals surface area (Å²) in [7, 11) is -3.48. The fraction of sp³-hybridized carbons (Fsp3) is 0.562. The minimum atomic E-state index is -3.48. The third-order valence-corrected chi connectivity index (χ3v) is 5.97. The largest absolute Gasteiger partial charge is 0.384 e. The lowest BCUT2D eigenvalue weighted by atomic mass is 10.1. The molecule has 10 heteroatoms. The van der Waals surface area contributed by atoms with Crippen LogP contribution in [0.1, 0.15) is 25.0 Å². The highest BCUT2D eigenvalue weighted by Gasteiger charge is 2.30. The molecule has 1 aromatic rings. The zero-order valence-electron chi connectivity index (χ0n) is 14.9. The molecule has 0 aromatic heterocycles. The average Bonchev–Trinajstić information content (AvgIpc) is 2.55. The van der Waals surface area contributed by atoms with Gasteiger partial charge in [-0.25, -0.2) is 8.42 Å². The van der Waals surface area contributed by atoms with E-state index in [2.05, 4.69) is 5.32 Å². The van der Waals surface area contributed by atoms with E-state index in [-0.39, 0.29) is 35.8 Å². The van der Waals surface area contributed by atoms with E-state index in [1.54, 1.807) is 6.92 Å². The number of morpholine rings is 1. The molecule has 1 aliphatic rings. The second-order valence-electron chi connectivity index (χ2n) is 6.35. The molecule has 142 valence electrons. The highest BCUT2D eigenvalue weighted by atomic mass is 32.2. The number of rotatable bonds is 6. The van der Waals surface area contributed by atoms with Crippen molar-refractivity contribution in [3.63, 3.8) is 0 Å². The van der Waals surface area contributed by atoms with Gasteiger partial charge in [0.1, 0.15) is 0 Å². The fourth-order valence-corrected chi connectivity index (χ4v) is 4.43. The minimum absolute atomic E-state index is 0.0787. The third-order valence-electron chi connectivity index (χ3n) is 4.16. The Morgan fingerprint density at radius 2 is 2.00 bits per heavy atom. The molecule has 1 heterocycles. The summed E-state index contributed by atoms with van der Waals surface area (Å²) in [5.41, 5.74) is 0.711. The maximum absolute atomic E-state index is 12.5. The van der Waals surface area contributed by atoms with Gasteiger partial charge in [-0.3, -0.25) is 10.1 Å². The number of benzene rings is 1. The second-order valence-corrected chi connectivity index (χ2v) is 8.44. The van der Waals surface area contributed by atoms with Crippen molar-refractivity contribution in [2.24, 2.45) is 0 Å². The Morgan fingerprint density at radius 3 is 2.54 bits per heavy atom. The summed E-state index contributed by atoms with van der Waals surface area (Å²) in [6.07, 6.45) is -0.336. The maximum Gasteiger partial charge on any atom is 0.275 e. The van der Waals surface area contributed by atoms with Crippen molar-refractivity contribution < 1.29 is 18.1 Å². The normalized spacial score (nSPS) is 21.2. The van der Waals surface area contributed by atoms with Gasteiger partial charge in [0.2, 0.25) is 10.0 Å². The lowest BCUT2D eigenvalue weighted by Crippen LogP contribution is -2.49. The van der Waals surface area contributed by atoms with Gasteiger partial charge in [-0.05, 0) is 26.8 Å². The number of hydrogen-bond donors (Lipinski definition) is 1. The van der Waals surface area contributed by atoms with Gasteiger partial charge in [-0.1, -0.05) is 0 Å². The summed E-state index contributed by atoms with van der Waals surface area (Å²) >= 11 is 0. The Hall–Kier alpha value is -2.22. The molecule has 0 bridgehead atoms. The van der Waals surface area contributed by atoms with Crippen LogP contribution in [0.3, 0.4) is 0 Å². The van der Waals surface area contributed by atoms with Gasteiger partial charge in [-0.15, -0.1) is 0 Å². The number of nitrogens with zero attached hydrogens (tertiary/aromatic N) is 3. The lowest BCUT2D eigenvalue weighted by molar-refractivity contribution is -0.385. The summed E-state index contributed by atoms with van der Waals surface area (Å²) in [6.45, 7) is 5.90. The van der Waals surface area contributed by atoms with Crippen LogP contribution in [-0.4, -0.2) is 55.2 Å². The number of anilines is 1. The number of nitro benzene ring substituents is 1. The maximum atomic E-state index is 12.5. The predicted octanol–water partition coefficient (Wildman–Crippen LogP) is 1.63. The average molecular weight is 382 g/mol. The molecule has 2 atom stereocenters. The molecule has 2 rings (SSSR count). The standard InChI is InChI=1S/C16H22N4O5S/c1-11-9-19(10-12(2)25-11)26(23,24)5-4-18-15-6-14(8-17)7-16(13(15)3)20(21)22/h6-7,11-12,18H,4-5,9-10H2,1-3H3/t11-,12+. The Morgan fingerprint density at radius 1 is 1.38 bits per heavy atom. The topological polar surface area (TPSA) is 126 Å². The molecule has 0 spiro atoms. The second kappa shape index (κ2) is 7.99. The third kappa shape index (κ3) is 4.69. The smallest absolute Gasteiger partial charge is 0.275 e. The van der Waals surface area contributed by atoms with Gasteiger partial charge < -0.3 is 10.1 Å². The molecular weight excluding hydrogens is 360 g/mol. The zero-order valence-corrected chi connectivity index (χ0v) is 15.7. The highest BCUT2D eigenvalue weighted by Crippen LogP contribution is 2.27. The van der Waals surface area contributed by atoms with Gasteiger partial charge in [0.25, 0.3) is 5.69 Å². The molecular formula is C16H22N4O5S. The van der Waals surface area contributed by atoms with E-state index in [0.29, 0.717) is 24.3 Å². The van der Waals surface area contributed by atoms with Crippen LogP contribution in [0.25, 0.3) is 0 Å². The Bertz CT molecular complexity index is 824. The van der Waals surface area contributed by atoms with Gasteiger partial charge in [0.05, 0.1) is 34.5 Å². The van der Waals surface area contributed by atoms with Crippen molar-refractivity contribution >= 4 is 21.4 Å². The number of ether oxygens (including phenoxy) is 1. The van der Waals surface area contributed by atoms with E-state index in [9.17, 15) is 18.5 Å². The molecule has 0 radical (unpaired) electrons. The van der Waals surface area contributed by atoms with Gasteiger partial charge >= 0.3 is 0 Å². The molecule has 0 aliphatic carbocycles. The van der Waals surface area contributed by atoms with Crippen molar-refractivity contribution in [2.45, 2.75) is 33.0 Å². The van der Waals surface area contributed by atoms with E-state index in [0.717, 1.165) is 0 Å². The van der Waals surface area contributed by atoms with E-state index in [4.69, 9.17) is 10.00 Å². The van der Waals surface area contributed by atoms with E-state index < -0.39 is 14.9 Å². The van der Waals surface area contributed by atoms with Crippen molar-refractivity contribution in [3.05, 3.63) is 33.4 Å². The number of nitrogens with one attached hydrogen (secondary N) is 1. The predicted molar refractivity (Wildman–Crippen MR) is 96.4 cm³/mol. The molecule has 1 aromatic carbocycles. The summed E-state index contributed by atoms with van der Waals surface area (Å²) in [4.78, 5) is 10.5. The first-order valence-corrected chi connectivity index (χ1v) is 9.81. The van der Waals surface area contributed by atoms with Crippen LogP contribution in [-0.2, 0) is 14.8 Å². The first-order valence-electron chi connectivity index (χ1n) is 8.20. The van der Waals surface area contributed by atoms with Crippen LogP contribution in [0.5, 0.6) is 0 Å². The zero-order chi connectivity index (χ0) is 19.5. The van der Waals surface area contributed by atoms with Crippen molar-refractivity contribution in [1.82, 2.24) is 4.31 Å². The number of nitriles is 1. The first kappa shape index (κ1) is 20.1. The number of nitro groups is 1. The summed E-state index contributed by atoms with van der Waals surface area (Å²) in [5.74, 6) is -0.156. The van der Waals surface area contributed by atoms with Crippen LogP contribution in [0.15, 0.2) is 12.1 Å². The fourth-order valence-electron chi connectivity index (χ4n) is 2.94. The molecule has 9 nitrogen and oxygen atoms in total. The van der Waals surface area contributed by atoms with Crippen molar-refractivity contribution in [2.75, 3.05) is 30.7 Å². The SMILES string of the molecule is Cc1c(NCCS(=O)(=O)N2C[C@@H](C)O[C@@H](C)C2)cc(C#N)cc1[N+](=O)[O-]. The molecule has 0 saturated carbocycles. The van der Waals surface area contributed by atoms with Crippen LogP contribution >= 0.6 is 0 Å². The van der Waals surface area contributed by atoms with E-state index in [1.165, 1.54) is 16.4 Å². The molecule has 0 amide bonds. The van der Waals surface area contributed by atoms with E-state index >= 15 is 0 Å². The summed E-state index contributed by atoms with van der Waals surface area (Å²) < 4.78 is 32.0. The Balaban J connectivity index is 2.08. The molecule has 1 N–H and O–H groups in total. The van der Waals surface area contributed by atoms with Crippen molar-refractivity contribution in [1.29, 1.82) is 5.26 Å². The summed E-state index contributed by atoms with van der Waals surface area (Å²) in [6, 6.07) is 4.56. The van der Waals surface area contributed by atoms with Crippen LogP contribution in [0.4, 0.5) is 11.4 Å². The molecule has 1 fully saturated rings. The molecule has 0 unspecified atom stereocenters. The van der Waals surface area contributed by atoms with E-state index in [1.807, 2.05) is 19.9 Å². The van der Waals surface area contributed by atoms with Gasteiger partial charge in [0, 0.05) is 37.0 Å². The lowest BCUT2D eigenvalue weighted by Gasteiger charge is -2.34. The monoisotopic (exact) mass is 382 g/mol. The molecule has 1 aliphatic heterocycles.